The topological polar surface area (TPSA) is 52.0 Å². The minimum absolute atomic E-state index is 0.167. The van der Waals surface area contributed by atoms with Gasteiger partial charge in [0.2, 0.25) is 0 Å². The lowest BCUT2D eigenvalue weighted by Gasteiger charge is -2.05. The van der Waals surface area contributed by atoms with Crippen LogP contribution in [0.15, 0.2) is 30.3 Å². The van der Waals surface area contributed by atoms with Crippen molar-refractivity contribution in [2.24, 2.45) is 11.5 Å². The van der Waals surface area contributed by atoms with Crippen LogP contribution in [-0.4, -0.2) is 12.1 Å². The van der Waals surface area contributed by atoms with E-state index in [0.29, 0.717) is 6.42 Å². The van der Waals surface area contributed by atoms with Gasteiger partial charge in [-0.05, 0) is 25.0 Å². The van der Waals surface area contributed by atoms with Crippen molar-refractivity contribution in [1.29, 1.82) is 0 Å². The maximum Gasteiger partial charge on any atom is 0.0669 e. The van der Waals surface area contributed by atoms with Gasteiger partial charge in [-0.3, -0.25) is 0 Å². The normalized spacial score (nSPS) is 13.1. The zero-order valence-electron chi connectivity index (χ0n) is 9.19. The molecule has 0 amide bonds. The molecule has 2 atom stereocenters. The summed E-state index contributed by atoms with van der Waals surface area (Å²) in [5.41, 5.74) is 12.4. The number of rotatable bonds is 3. The zero-order chi connectivity index (χ0) is 11.8. The van der Waals surface area contributed by atoms with Crippen molar-refractivity contribution in [3.8, 4) is 24.2 Å². The molecule has 0 heterocycles. The molecule has 1 rings (SSSR count). The first-order valence-corrected chi connectivity index (χ1v) is 5.26. The molecule has 0 aromatic heterocycles. The van der Waals surface area contributed by atoms with Crippen molar-refractivity contribution in [3.63, 3.8) is 0 Å². The van der Waals surface area contributed by atoms with Crippen molar-refractivity contribution >= 4 is 0 Å². The monoisotopic (exact) mass is 212 g/mol. The first-order chi connectivity index (χ1) is 7.72. The van der Waals surface area contributed by atoms with E-state index in [2.05, 4.69) is 17.8 Å². The summed E-state index contributed by atoms with van der Waals surface area (Å²) in [4.78, 5) is 0. The Morgan fingerprint density at radius 1 is 1.06 bits per heavy atom. The lowest BCUT2D eigenvalue weighted by atomic mass is 10.1. The van der Waals surface area contributed by atoms with Gasteiger partial charge in [0, 0.05) is 5.56 Å². The fraction of sp³-hybridized carbons (Fsp3) is 0.286. The van der Waals surface area contributed by atoms with Crippen LogP contribution in [0.1, 0.15) is 18.4 Å². The van der Waals surface area contributed by atoms with Crippen molar-refractivity contribution in [1.82, 2.24) is 0 Å². The van der Waals surface area contributed by atoms with E-state index in [0.717, 1.165) is 12.0 Å². The minimum Gasteiger partial charge on any atom is -0.318 e. The Bertz CT molecular complexity index is 406. The molecule has 1 aromatic carbocycles. The molecule has 0 bridgehead atoms. The maximum absolute atomic E-state index is 5.83. The summed E-state index contributed by atoms with van der Waals surface area (Å²) in [7, 11) is 0. The van der Waals surface area contributed by atoms with Crippen LogP contribution in [0.4, 0.5) is 0 Å². The van der Waals surface area contributed by atoms with Gasteiger partial charge in [0.15, 0.2) is 0 Å². The number of hydrogen-bond acceptors (Lipinski definition) is 2. The van der Waals surface area contributed by atoms with E-state index in [9.17, 15) is 0 Å². The molecule has 0 aliphatic carbocycles. The van der Waals surface area contributed by atoms with Crippen LogP contribution in [0.5, 0.6) is 0 Å². The van der Waals surface area contributed by atoms with E-state index in [4.69, 9.17) is 17.9 Å². The van der Waals surface area contributed by atoms with Crippen LogP contribution in [0.3, 0.4) is 0 Å². The second kappa shape index (κ2) is 6.69. The lowest BCUT2D eigenvalue weighted by molar-refractivity contribution is 0.640. The molecule has 4 N–H and O–H groups in total. The lowest BCUT2D eigenvalue weighted by Crippen LogP contribution is -2.24. The Morgan fingerprint density at radius 3 is 2.31 bits per heavy atom. The Morgan fingerprint density at radius 2 is 1.69 bits per heavy atom. The van der Waals surface area contributed by atoms with Crippen LogP contribution in [0, 0.1) is 24.2 Å². The molecule has 0 aliphatic rings. The second-order valence-corrected chi connectivity index (χ2v) is 3.59. The van der Waals surface area contributed by atoms with E-state index in [1.165, 1.54) is 0 Å². The highest BCUT2D eigenvalue weighted by atomic mass is 14.6. The van der Waals surface area contributed by atoms with Gasteiger partial charge in [-0.2, -0.15) is 0 Å². The van der Waals surface area contributed by atoms with Crippen LogP contribution >= 0.6 is 0 Å². The summed E-state index contributed by atoms with van der Waals surface area (Å²) in [5, 5.41) is 0. The largest absolute Gasteiger partial charge is 0.318 e. The molecule has 0 aliphatic heterocycles. The molecule has 0 unspecified atom stereocenters. The number of nitrogens with two attached hydrogens (primary N) is 2. The fourth-order valence-corrected chi connectivity index (χ4v) is 1.21. The molecule has 2 nitrogen and oxygen atoms in total. The van der Waals surface area contributed by atoms with Gasteiger partial charge < -0.3 is 11.5 Å². The summed E-state index contributed by atoms with van der Waals surface area (Å²) in [6, 6.07) is 9.37. The standard InChI is InChI=1S/C14H16N2/c1-2-13(15)10-11-14(16)9-8-12-6-4-3-5-7-12/h1,3-7,13-14H,10-11,15-16H2/t13-,14-/m0/s1. The Kier molecular flexibility index (Phi) is 5.16. The third-order valence-corrected chi connectivity index (χ3v) is 2.18. The number of terminal acetylenes is 1. The fourth-order valence-electron chi connectivity index (χ4n) is 1.21. The summed E-state index contributed by atoms with van der Waals surface area (Å²) < 4.78 is 0. The van der Waals surface area contributed by atoms with Crippen LogP contribution in [0.2, 0.25) is 0 Å². The highest BCUT2D eigenvalue weighted by Gasteiger charge is 2.01. The van der Waals surface area contributed by atoms with E-state index >= 15 is 0 Å². The summed E-state index contributed by atoms with van der Waals surface area (Å²) in [6.45, 7) is 0. The maximum atomic E-state index is 5.83. The van der Waals surface area contributed by atoms with Gasteiger partial charge in [0.1, 0.15) is 0 Å². The average molecular weight is 212 g/mol. The van der Waals surface area contributed by atoms with Gasteiger partial charge in [-0.15, -0.1) is 6.42 Å². The van der Waals surface area contributed by atoms with Gasteiger partial charge in [0.25, 0.3) is 0 Å². The summed E-state index contributed by atoms with van der Waals surface area (Å²) in [6.07, 6.45) is 6.61. The summed E-state index contributed by atoms with van der Waals surface area (Å²) in [5.74, 6) is 8.47. The van der Waals surface area contributed by atoms with E-state index < -0.39 is 0 Å². The molecular weight excluding hydrogens is 196 g/mol. The van der Waals surface area contributed by atoms with Gasteiger partial charge >= 0.3 is 0 Å². The molecule has 82 valence electrons. The van der Waals surface area contributed by atoms with Gasteiger partial charge in [-0.25, -0.2) is 0 Å². The van der Waals surface area contributed by atoms with Gasteiger partial charge in [-0.1, -0.05) is 36.0 Å². The first kappa shape index (κ1) is 12.3. The second-order valence-electron chi connectivity index (χ2n) is 3.59. The van der Waals surface area contributed by atoms with Crippen molar-refractivity contribution in [2.75, 3.05) is 0 Å². The highest BCUT2D eigenvalue weighted by molar-refractivity contribution is 5.34. The predicted octanol–water partition coefficient (Wildman–Crippen LogP) is 1.11. The number of hydrogen-bond donors (Lipinski definition) is 2. The highest BCUT2D eigenvalue weighted by Crippen LogP contribution is 1.98. The van der Waals surface area contributed by atoms with E-state index in [1.54, 1.807) is 0 Å². The van der Waals surface area contributed by atoms with E-state index in [-0.39, 0.29) is 12.1 Å². The molecule has 0 saturated heterocycles. The Labute approximate surface area is 97.0 Å². The van der Waals surface area contributed by atoms with Crippen molar-refractivity contribution < 1.29 is 0 Å². The van der Waals surface area contributed by atoms with Crippen LogP contribution < -0.4 is 11.5 Å². The third kappa shape index (κ3) is 4.66. The summed E-state index contributed by atoms with van der Waals surface area (Å²) >= 11 is 0. The molecule has 0 fully saturated rings. The molecule has 0 spiro atoms. The van der Waals surface area contributed by atoms with Crippen LogP contribution in [-0.2, 0) is 0 Å². The molecule has 2 heteroatoms. The van der Waals surface area contributed by atoms with Crippen molar-refractivity contribution in [3.05, 3.63) is 35.9 Å². The zero-order valence-corrected chi connectivity index (χ0v) is 9.19. The molecular formula is C14H16N2. The minimum atomic E-state index is -0.218. The Balaban J connectivity index is 2.43. The molecule has 1 aromatic rings. The molecule has 0 radical (unpaired) electrons. The van der Waals surface area contributed by atoms with Gasteiger partial charge in [0.05, 0.1) is 12.1 Å². The third-order valence-electron chi connectivity index (χ3n) is 2.18. The molecule has 0 saturated carbocycles. The van der Waals surface area contributed by atoms with E-state index in [1.807, 2.05) is 30.3 Å². The Hall–Kier alpha value is -1.74. The van der Waals surface area contributed by atoms with Crippen molar-refractivity contribution in [2.45, 2.75) is 24.9 Å². The SMILES string of the molecule is C#C[C@H](N)CC[C@@H](N)C#Cc1ccccc1. The smallest absolute Gasteiger partial charge is 0.0669 e. The quantitative estimate of drug-likeness (QED) is 0.737. The average Bonchev–Trinajstić information content (AvgIpc) is 2.34. The van der Waals surface area contributed by atoms with Crippen LogP contribution in [0.25, 0.3) is 0 Å². The number of benzene rings is 1. The predicted molar refractivity (Wildman–Crippen MR) is 67.3 cm³/mol. The molecule has 16 heavy (non-hydrogen) atoms. The first-order valence-electron chi connectivity index (χ1n) is 5.26.